The molecular formula is C14H13N5O3. The number of hydrogen-bond donors (Lipinski definition) is 1. The average Bonchev–Trinajstić information content (AvgIpc) is 3.19. The molecule has 8 heteroatoms. The lowest BCUT2D eigenvalue weighted by molar-refractivity contribution is -0.116. The number of ether oxygens (including phenoxy) is 1. The molecule has 0 spiro atoms. The van der Waals surface area contributed by atoms with Gasteiger partial charge in [0.2, 0.25) is 11.8 Å². The number of aromatic nitrogens is 4. The first-order chi connectivity index (χ1) is 10.8. The van der Waals surface area contributed by atoms with Gasteiger partial charge in [-0.2, -0.15) is 4.52 Å². The van der Waals surface area contributed by atoms with Crippen LogP contribution in [0.25, 0.3) is 11.7 Å². The second-order valence-electron chi connectivity index (χ2n) is 4.33. The van der Waals surface area contributed by atoms with E-state index in [1.54, 1.807) is 36.6 Å². The maximum absolute atomic E-state index is 11.8. The number of furan rings is 1. The van der Waals surface area contributed by atoms with Crippen LogP contribution < -0.4 is 10.1 Å². The summed E-state index contributed by atoms with van der Waals surface area (Å²) in [6.07, 6.45) is 4.51. The van der Waals surface area contributed by atoms with Crippen molar-refractivity contribution in [2.24, 2.45) is 0 Å². The van der Waals surface area contributed by atoms with Crippen LogP contribution in [0.2, 0.25) is 0 Å². The zero-order valence-electron chi connectivity index (χ0n) is 11.8. The van der Waals surface area contributed by atoms with Gasteiger partial charge in [-0.25, -0.2) is 0 Å². The van der Waals surface area contributed by atoms with Crippen LogP contribution in [0, 0.1) is 0 Å². The Morgan fingerprint density at radius 1 is 1.41 bits per heavy atom. The molecule has 0 aliphatic rings. The topological polar surface area (TPSA) is 94.6 Å². The van der Waals surface area contributed by atoms with Crippen molar-refractivity contribution in [2.45, 2.75) is 6.54 Å². The van der Waals surface area contributed by atoms with E-state index < -0.39 is 0 Å². The monoisotopic (exact) mass is 299 g/mol. The average molecular weight is 299 g/mol. The first-order valence-electron chi connectivity index (χ1n) is 6.51. The highest BCUT2D eigenvalue weighted by Gasteiger charge is 2.08. The summed E-state index contributed by atoms with van der Waals surface area (Å²) in [6.45, 7) is 0.197. The van der Waals surface area contributed by atoms with Gasteiger partial charge in [-0.05, 0) is 24.3 Å². The van der Waals surface area contributed by atoms with Gasteiger partial charge in [0.05, 0.1) is 19.9 Å². The van der Waals surface area contributed by atoms with E-state index in [9.17, 15) is 4.79 Å². The summed E-state index contributed by atoms with van der Waals surface area (Å²) in [6, 6.07) is 6.93. The van der Waals surface area contributed by atoms with Crippen molar-refractivity contribution in [1.82, 2.24) is 25.1 Å². The SMILES string of the molecule is COc1ccc2nnc(CNC(=O)/C=C/c3ccco3)n2n1. The largest absolute Gasteiger partial charge is 0.480 e. The Bertz CT molecular complexity index is 807. The lowest BCUT2D eigenvalue weighted by atomic mass is 10.4. The van der Waals surface area contributed by atoms with Crippen molar-refractivity contribution >= 4 is 17.6 Å². The molecular weight excluding hydrogens is 286 g/mol. The van der Waals surface area contributed by atoms with Crippen LogP contribution in [0.1, 0.15) is 11.6 Å². The van der Waals surface area contributed by atoms with Gasteiger partial charge in [0.25, 0.3) is 0 Å². The standard InChI is InChI=1S/C14H13N5O3/c1-21-14-7-5-11-16-17-12(19(11)18-14)9-15-13(20)6-4-10-3-2-8-22-10/h2-8H,9H2,1H3,(H,15,20)/b6-4+. The Kier molecular flexibility index (Phi) is 3.82. The molecule has 3 aromatic heterocycles. The first-order valence-corrected chi connectivity index (χ1v) is 6.51. The minimum Gasteiger partial charge on any atom is -0.480 e. The number of amides is 1. The van der Waals surface area contributed by atoms with Gasteiger partial charge in [-0.1, -0.05) is 0 Å². The summed E-state index contributed by atoms with van der Waals surface area (Å²) >= 11 is 0. The highest BCUT2D eigenvalue weighted by atomic mass is 16.5. The third-order valence-corrected chi connectivity index (χ3v) is 2.87. The van der Waals surface area contributed by atoms with Gasteiger partial charge < -0.3 is 14.5 Å². The zero-order valence-corrected chi connectivity index (χ0v) is 11.8. The summed E-state index contributed by atoms with van der Waals surface area (Å²) in [5.41, 5.74) is 0.580. The van der Waals surface area contributed by atoms with Crippen molar-refractivity contribution in [3.8, 4) is 5.88 Å². The van der Waals surface area contributed by atoms with E-state index in [1.807, 2.05) is 0 Å². The maximum atomic E-state index is 11.8. The minimum absolute atomic E-state index is 0.197. The smallest absolute Gasteiger partial charge is 0.244 e. The van der Waals surface area contributed by atoms with E-state index in [0.717, 1.165) is 0 Å². The molecule has 3 aromatic rings. The molecule has 112 valence electrons. The molecule has 0 saturated carbocycles. The molecule has 0 unspecified atom stereocenters. The molecule has 0 fully saturated rings. The normalized spacial score (nSPS) is 11.1. The van der Waals surface area contributed by atoms with Crippen LogP contribution in [0.5, 0.6) is 5.88 Å². The van der Waals surface area contributed by atoms with Gasteiger partial charge >= 0.3 is 0 Å². The molecule has 1 amide bonds. The molecule has 0 aliphatic carbocycles. The molecule has 8 nitrogen and oxygen atoms in total. The minimum atomic E-state index is -0.268. The second-order valence-corrected chi connectivity index (χ2v) is 4.33. The van der Waals surface area contributed by atoms with E-state index in [1.165, 1.54) is 17.7 Å². The summed E-state index contributed by atoms with van der Waals surface area (Å²) in [5.74, 6) is 1.29. The van der Waals surface area contributed by atoms with Crippen molar-refractivity contribution < 1.29 is 13.9 Å². The molecule has 0 aromatic carbocycles. The van der Waals surface area contributed by atoms with Crippen molar-refractivity contribution in [1.29, 1.82) is 0 Å². The van der Waals surface area contributed by atoms with Crippen molar-refractivity contribution in [3.63, 3.8) is 0 Å². The quantitative estimate of drug-likeness (QED) is 0.708. The summed E-state index contributed by atoms with van der Waals surface area (Å²) in [5, 5.41) is 14.9. The van der Waals surface area contributed by atoms with E-state index >= 15 is 0 Å². The number of carbonyl (C=O) groups is 1. The Balaban J connectivity index is 1.67. The number of fused-ring (bicyclic) bond motifs is 1. The number of rotatable bonds is 5. The van der Waals surface area contributed by atoms with Crippen LogP contribution in [-0.2, 0) is 11.3 Å². The van der Waals surface area contributed by atoms with Gasteiger partial charge in [0.15, 0.2) is 11.5 Å². The van der Waals surface area contributed by atoms with E-state index in [2.05, 4.69) is 20.6 Å². The van der Waals surface area contributed by atoms with E-state index in [0.29, 0.717) is 23.1 Å². The molecule has 3 heterocycles. The molecule has 22 heavy (non-hydrogen) atoms. The summed E-state index contributed by atoms with van der Waals surface area (Å²) in [4.78, 5) is 11.8. The maximum Gasteiger partial charge on any atom is 0.244 e. The molecule has 0 saturated heterocycles. The Hall–Kier alpha value is -3.16. The predicted molar refractivity (Wildman–Crippen MR) is 76.9 cm³/mol. The molecule has 0 bridgehead atoms. The van der Waals surface area contributed by atoms with Gasteiger partial charge in [0, 0.05) is 12.1 Å². The van der Waals surface area contributed by atoms with E-state index in [4.69, 9.17) is 9.15 Å². The Labute approximate surface area is 125 Å². The van der Waals surface area contributed by atoms with Gasteiger partial charge in [-0.15, -0.1) is 15.3 Å². The molecule has 0 aliphatic heterocycles. The number of nitrogens with zero attached hydrogens (tertiary/aromatic N) is 4. The third-order valence-electron chi connectivity index (χ3n) is 2.87. The number of nitrogens with one attached hydrogen (secondary N) is 1. The summed E-state index contributed by atoms with van der Waals surface area (Å²) < 4.78 is 11.7. The number of carbonyl (C=O) groups excluding carboxylic acids is 1. The lowest BCUT2D eigenvalue weighted by Gasteiger charge is -2.02. The van der Waals surface area contributed by atoms with Gasteiger partial charge in [0.1, 0.15) is 5.76 Å². The fraction of sp³-hybridized carbons (Fsp3) is 0.143. The molecule has 0 radical (unpaired) electrons. The van der Waals surface area contributed by atoms with E-state index in [-0.39, 0.29) is 12.5 Å². The van der Waals surface area contributed by atoms with Crippen molar-refractivity contribution in [3.05, 3.63) is 48.2 Å². The first kappa shape index (κ1) is 13.8. The van der Waals surface area contributed by atoms with Crippen LogP contribution in [-0.4, -0.2) is 32.8 Å². The highest BCUT2D eigenvalue weighted by Crippen LogP contribution is 2.08. The van der Waals surface area contributed by atoms with Crippen molar-refractivity contribution in [2.75, 3.05) is 7.11 Å². The Morgan fingerprint density at radius 2 is 2.32 bits per heavy atom. The number of hydrogen-bond acceptors (Lipinski definition) is 6. The third kappa shape index (κ3) is 2.95. The van der Waals surface area contributed by atoms with Crippen LogP contribution in [0.3, 0.4) is 0 Å². The molecule has 1 N–H and O–H groups in total. The molecule has 0 atom stereocenters. The fourth-order valence-corrected chi connectivity index (χ4v) is 1.80. The van der Waals surface area contributed by atoms with Gasteiger partial charge in [-0.3, -0.25) is 4.79 Å². The zero-order chi connectivity index (χ0) is 15.4. The van der Waals surface area contributed by atoms with Crippen LogP contribution >= 0.6 is 0 Å². The number of methoxy groups -OCH3 is 1. The Morgan fingerprint density at radius 3 is 3.09 bits per heavy atom. The molecule has 3 rings (SSSR count). The van der Waals surface area contributed by atoms with Crippen LogP contribution in [0.4, 0.5) is 0 Å². The predicted octanol–water partition coefficient (Wildman–Crippen LogP) is 1.06. The highest BCUT2D eigenvalue weighted by molar-refractivity contribution is 5.91. The second kappa shape index (κ2) is 6.08. The van der Waals surface area contributed by atoms with Crippen LogP contribution in [0.15, 0.2) is 41.0 Å². The summed E-state index contributed by atoms with van der Waals surface area (Å²) in [7, 11) is 1.53. The fourth-order valence-electron chi connectivity index (χ4n) is 1.80. The lowest BCUT2D eigenvalue weighted by Crippen LogP contribution is -2.22.